The van der Waals surface area contributed by atoms with Gasteiger partial charge in [-0.3, -0.25) is 4.79 Å². The lowest BCUT2D eigenvalue weighted by Gasteiger charge is -2.13. The average molecular weight is 410 g/mol. The van der Waals surface area contributed by atoms with E-state index in [0.717, 1.165) is 23.1 Å². The van der Waals surface area contributed by atoms with Crippen molar-refractivity contribution in [3.05, 3.63) is 40.3 Å². The third kappa shape index (κ3) is 3.55. The molecule has 0 saturated heterocycles. The molecule has 0 fully saturated rings. The number of para-hydroxylation sites is 1. The van der Waals surface area contributed by atoms with Gasteiger partial charge < -0.3 is 11.1 Å². The number of rotatable bonds is 4. The summed E-state index contributed by atoms with van der Waals surface area (Å²) >= 11 is 2.96. The zero-order valence-corrected chi connectivity index (χ0v) is 17.0. The van der Waals surface area contributed by atoms with Crippen molar-refractivity contribution in [2.45, 2.75) is 43.0 Å². The summed E-state index contributed by atoms with van der Waals surface area (Å²) in [6.45, 7) is 1.79. The van der Waals surface area contributed by atoms with Crippen molar-refractivity contribution in [3.8, 4) is 6.07 Å². The number of benzene rings is 1. The first kappa shape index (κ1) is 18.7. The number of anilines is 2. The summed E-state index contributed by atoms with van der Waals surface area (Å²) in [4.78, 5) is 23.9. The number of aryl methyl sites for hydroxylation is 2. The molecule has 0 spiro atoms. The van der Waals surface area contributed by atoms with E-state index >= 15 is 0 Å². The van der Waals surface area contributed by atoms with Gasteiger partial charge in [-0.1, -0.05) is 23.9 Å². The van der Waals surface area contributed by atoms with Gasteiger partial charge in [-0.15, -0.1) is 11.3 Å². The molecule has 6 nitrogen and oxygen atoms in total. The molecule has 2 aromatic heterocycles. The minimum Gasteiger partial charge on any atom is -0.383 e. The van der Waals surface area contributed by atoms with Crippen LogP contribution in [0.5, 0.6) is 0 Å². The summed E-state index contributed by atoms with van der Waals surface area (Å²) in [6.07, 6.45) is 4.49. The van der Waals surface area contributed by atoms with E-state index in [1.54, 1.807) is 42.5 Å². The quantitative estimate of drug-likeness (QED) is 0.496. The number of nitrogen functional groups attached to an aromatic ring is 1. The third-order valence-corrected chi connectivity index (χ3v) is 6.93. The number of nitrogens with one attached hydrogen (secondary N) is 1. The van der Waals surface area contributed by atoms with Gasteiger partial charge in [0.05, 0.1) is 21.9 Å². The van der Waals surface area contributed by atoms with Gasteiger partial charge in [0.15, 0.2) is 5.16 Å². The summed E-state index contributed by atoms with van der Waals surface area (Å²) in [5.41, 5.74) is 8.48. The Morgan fingerprint density at radius 2 is 2.11 bits per heavy atom. The molecule has 1 aromatic carbocycles. The van der Waals surface area contributed by atoms with E-state index in [1.165, 1.54) is 35.0 Å². The van der Waals surface area contributed by atoms with Crippen LogP contribution in [0.25, 0.3) is 10.2 Å². The molecule has 1 atom stereocenters. The lowest BCUT2D eigenvalue weighted by molar-refractivity contribution is -0.115. The number of carbonyl (C=O) groups is 1. The van der Waals surface area contributed by atoms with Crippen LogP contribution >= 0.6 is 23.1 Å². The number of nitrogens with zero attached hydrogens (tertiary/aromatic N) is 3. The smallest absolute Gasteiger partial charge is 0.237 e. The Labute approximate surface area is 171 Å². The van der Waals surface area contributed by atoms with Crippen molar-refractivity contribution in [1.29, 1.82) is 5.26 Å². The predicted octanol–water partition coefficient (Wildman–Crippen LogP) is 4.14. The molecule has 0 bridgehead atoms. The van der Waals surface area contributed by atoms with Crippen molar-refractivity contribution >= 4 is 50.7 Å². The molecule has 1 unspecified atom stereocenters. The van der Waals surface area contributed by atoms with Crippen molar-refractivity contribution in [1.82, 2.24) is 9.97 Å². The van der Waals surface area contributed by atoms with Crippen LogP contribution < -0.4 is 11.1 Å². The van der Waals surface area contributed by atoms with E-state index in [-0.39, 0.29) is 5.91 Å². The fraction of sp³-hybridized carbons (Fsp3) is 0.300. The highest BCUT2D eigenvalue weighted by Gasteiger charge is 2.22. The molecule has 8 heteroatoms. The predicted molar refractivity (Wildman–Crippen MR) is 114 cm³/mol. The Morgan fingerprint density at radius 1 is 1.32 bits per heavy atom. The molecule has 4 rings (SSSR count). The van der Waals surface area contributed by atoms with Gasteiger partial charge in [0.2, 0.25) is 5.91 Å². The summed E-state index contributed by atoms with van der Waals surface area (Å²) in [7, 11) is 0. The summed E-state index contributed by atoms with van der Waals surface area (Å²) in [5.74, 6) is 0.287. The Balaban J connectivity index is 1.54. The summed E-state index contributed by atoms with van der Waals surface area (Å²) in [5, 5.41) is 13.0. The highest BCUT2D eigenvalue weighted by molar-refractivity contribution is 8.00. The molecule has 0 saturated carbocycles. The first-order chi connectivity index (χ1) is 13.6. The van der Waals surface area contributed by atoms with Crippen molar-refractivity contribution in [2.24, 2.45) is 0 Å². The van der Waals surface area contributed by atoms with Crippen LogP contribution in [0.15, 0.2) is 29.4 Å². The first-order valence-corrected chi connectivity index (χ1v) is 10.8. The average Bonchev–Trinajstić information content (AvgIpc) is 3.07. The van der Waals surface area contributed by atoms with Crippen LogP contribution in [0, 0.1) is 11.3 Å². The van der Waals surface area contributed by atoms with Crippen LogP contribution in [-0.4, -0.2) is 21.1 Å². The van der Waals surface area contributed by atoms with Crippen LogP contribution in [0.4, 0.5) is 11.5 Å². The highest BCUT2D eigenvalue weighted by Crippen LogP contribution is 2.38. The second-order valence-corrected chi connectivity index (χ2v) is 9.08. The lowest BCUT2D eigenvalue weighted by atomic mass is 9.97. The molecule has 1 aliphatic carbocycles. The zero-order chi connectivity index (χ0) is 19.7. The minimum absolute atomic E-state index is 0.208. The number of nitrogens with two attached hydrogens (primary N) is 1. The maximum Gasteiger partial charge on any atom is 0.237 e. The van der Waals surface area contributed by atoms with Crippen molar-refractivity contribution < 1.29 is 4.79 Å². The Kier molecular flexibility index (Phi) is 5.20. The number of nitriles is 1. The van der Waals surface area contributed by atoms with Crippen LogP contribution in [0.3, 0.4) is 0 Å². The molecular weight excluding hydrogens is 390 g/mol. The van der Waals surface area contributed by atoms with E-state index < -0.39 is 5.25 Å². The molecular formula is C20H19N5OS2. The van der Waals surface area contributed by atoms with Gasteiger partial charge in [0.1, 0.15) is 16.7 Å². The minimum atomic E-state index is -0.432. The number of thiophene rings is 1. The van der Waals surface area contributed by atoms with Gasteiger partial charge in [-0.2, -0.15) is 5.26 Å². The van der Waals surface area contributed by atoms with Gasteiger partial charge in [0.25, 0.3) is 0 Å². The number of thioether (sulfide) groups is 1. The van der Waals surface area contributed by atoms with E-state index in [0.29, 0.717) is 22.2 Å². The summed E-state index contributed by atoms with van der Waals surface area (Å²) in [6, 6.07) is 9.01. The Hall–Kier alpha value is -2.63. The van der Waals surface area contributed by atoms with Crippen LogP contribution in [0.1, 0.15) is 35.8 Å². The van der Waals surface area contributed by atoms with E-state index in [4.69, 9.17) is 11.0 Å². The monoisotopic (exact) mass is 409 g/mol. The second kappa shape index (κ2) is 7.78. The fourth-order valence-corrected chi connectivity index (χ4v) is 5.46. The maximum atomic E-state index is 12.6. The molecule has 0 aliphatic heterocycles. The van der Waals surface area contributed by atoms with Gasteiger partial charge >= 0.3 is 0 Å². The third-order valence-electron chi connectivity index (χ3n) is 4.78. The standard InChI is InChI=1S/C20H19N5OS2/c1-11(18(26)23-14-8-4-2-6-12(14)10-21)27-20-24-17(22)16-13-7-3-5-9-15(13)28-19(16)25-20/h2,4,6,8,11H,3,5,7,9H2,1H3,(H,23,26)(H2,22,24,25). The maximum absolute atomic E-state index is 12.6. The molecule has 2 heterocycles. The fourth-order valence-electron chi connectivity index (χ4n) is 3.35. The van der Waals surface area contributed by atoms with Crippen molar-refractivity contribution in [3.63, 3.8) is 0 Å². The number of carbonyl (C=O) groups excluding carboxylic acids is 1. The highest BCUT2D eigenvalue weighted by atomic mass is 32.2. The first-order valence-electron chi connectivity index (χ1n) is 9.11. The topological polar surface area (TPSA) is 105 Å². The van der Waals surface area contributed by atoms with Gasteiger partial charge in [0, 0.05) is 4.88 Å². The molecule has 1 amide bonds. The van der Waals surface area contributed by atoms with Crippen LogP contribution in [0.2, 0.25) is 0 Å². The van der Waals surface area contributed by atoms with Crippen molar-refractivity contribution in [2.75, 3.05) is 11.1 Å². The van der Waals surface area contributed by atoms with Crippen LogP contribution in [-0.2, 0) is 17.6 Å². The van der Waals surface area contributed by atoms with Gasteiger partial charge in [-0.05, 0) is 50.3 Å². The summed E-state index contributed by atoms with van der Waals surface area (Å²) < 4.78 is 0. The molecule has 3 aromatic rings. The number of hydrogen-bond donors (Lipinski definition) is 2. The van der Waals surface area contributed by atoms with E-state index in [1.807, 2.05) is 0 Å². The number of hydrogen-bond acceptors (Lipinski definition) is 7. The zero-order valence-electron chi connectivity index (χ0n) is 15.4. The SMILES string of the molecule is CC(Sc1nc(N)c2c3c(sc2n1)CCCC3)C(=O)Nc1ccccc1C#N. The van der Waals surface area contributed by atoms with E-state index in [2.05, 4.69) is 21.4 Å². The van der Waals surface area contributed by atoms with E-state index in [9.17, 15) is 4.79 Å². The molecule has 28 heavy (non-hydrogen) atoms. The molecule has 3 N–H and O–H groups in total. The second-order valence-electron chi connectivity index (χ2n) is 6.69. The lowest BCUT2D eigenvalue weighted by Crippen LogP contribution is -2.23. The Bertz CT molecular complexity index is 1100. The number of amides is 1. The molecule has 142 valence electrons. The number of aromatic nitrogens is 2. The normalized spacial score (nSPS) is 14.3. The van der Waals surface area contributed by atoms with Gasteiger partial charge in [-0.25, -0.2) is 9.97 Å². The molecule has 0 radical (unpaired) electrons. The number of fused-ring (bicyclic) bond motifs is 3. The molecule has 1 aliphatic rings. The Morgan fingerprint density at radius 3 is 2.93 bits per heavy atom. The largest absolute Gasteiger partial charge is 0.383 e.